The maximum atomic E-state index is 5.93. The minimum Gasteiger partial charge on any atom is -0.314 e. The number of nitrogens with zero attached hydrogens (tertiary/aromatic N) is 1. The van der Waals surface area contributed by atoms with Gasteiger partial charge in [0.05, 0.1) is 21.3 Å². The zero-order valence-corrected chi connectivity index (χ0v) is 9.73. The van der Waals surface area contributed by atoms with E-state index >= 15 is 0 Å². The molecule has 78 valence electrons. The van der Waals surface area contributed by atoms with E-state index in [1.54, 1.807) is 6.07 Å². The van der Waals surface area contributed by atoms with Crippen LogP contribution < -0.4 is 5.32 Å². The van der Waals surface area contributed by atoms with E-state index in [2.05, 4.69) is 10.3 Å². The van der Waals surface area contributed by atoms with Gasteiger partial charge in [-0.05, 0) is 25.2 Å². The molecule has 2 rings (SSSR count). The molecule has 1 aromatic heterocycles. The predicted molar refractivity (Wildman–Crippen MR) is 64.5 cm³/mol. The first-order valence-corrected chi connectivity index (χ1v) is 5.35. The van der Waals surface area contributed by atoms with Crippen molar-refractivity contribution in [3.63, 3.8) is 0 Å². The van der Waals surface area contributed by atoms with Crippen LogP contribution in [0.2, 0.25) is 10.0 Å². The van der Waals surface area contributed by atoms with Gasteiger partial charge in [-0.25, -0.2) is 0 Å². The summed E-state index contributed by atoms with van der Waals surface area (Å²) in [6, 6.07) is 7.59. The van der Waals surface area contributed by atoms with E-state index in [4.69, 9.17) is 23.2 Å². The largest absolute Gasteiger partial charge is 0.314 e. The van der Waals surface area contributed by atoms with Crippen molar-refractivity contribution in [1.29, 1.82) is 0 Å². The van der Waals surface area contributed by atoms with Crippen LogP contribution in [-0.2, 0) is 6.54 Å². The second kappa shape index (κ2) is 4.35. The molecule has 1 heterocycles. The number of benzene rings is 1. The third-order valence-electron chi connectivity index (χ3n) is 2.15. The highest BCUT2D eigenvalue weighted by Gasteiger charge is 2.02. The Morgan fingerprint density at radius 3 is 2.67 bits per heavy atom. The summed E-state index contributed by atoms with van der Waals surface area (Å²) >= 11 is 11.8. The van der Waals surface area contributed by atoms with Gasteiger partial charge in [-0.1, -0.05) is 29.3 Å². The summed E-state index contributed by atoms with van der Waals surface area (Å²) in [5.41, 5.74) is 1.86. The highest BCUT2D eigenvalue weighted by molar-refractivity contribution is 6.42. The average molecular weight is 241 g/mol. The van der Waals surface area contributed by atoms with Crippen LogP contribution in [0.15, 0.2) is 24.3 Å². The molecule has 15 heavy (non-hydrogen) atoms. The Morgan fingerprint density at radius 2 is 1.93 bits per heavy atom. The predicted octanol–water partition coefficient (Wildman–Crippen LogP) is 3.26. The lowest BCUT2D eigenvalue weighted by Gasteiger charge is -2.03. The normalized spacial score (nSPS) is 10.9. The zero-order valence-electron chi connectivity index (χ0n) is 8.22. The summed E-state index contributed by atoms with van der Waals surface area (Å²) in [5.74, 6) is 0. The van der Waals surface area contributed by atoms with E-state index in [9.17, 15) is 0 Å². The molecule has 0 saturated heterocycles. The summed E-state index contributed by atoms with van der Waals surface area (Å²) in [4.78, 5) is 4.46. The van der Waals surface area contributed by atoms with E-state index in [0.717, 1.165) is 23.1 Å². The molecule has 0 amide bonds. The number of hydrogen-bond donors (Lipinski definition) is 1. The Bertz CT molecular complexity index is 497. The van der Waals surface area contributed by atoms with Crippen LogP contribution in [0, 0.1) is 0 Å². The summed E-state index contributed by atoms with van der Waals surface area (Å²) in [6.45, 7) is 0.746. The number of aromatic nitrogens is 1. The van der Waals surface area contributed by atoms with Gasteiger partial charge in [0, 0.05) is 11.9 Å². The second-order valence-corrected chi connectivity index (χ2v) is 4.11. The quantitative estimate of drug-likeness (QED) is 0.872. The zero-order chi connectivity index (χ0) is 10.8. The van der Waals surface area contributed by atoms with Gasteiger partial charge in [0.2, 0.25) is 0 Å². The fourth-order valence-electron chi connectivity index (χ4n) is 1.44. The van der Waals surface area contributed by atoms with Gasteiger partial charge in [-0.3, -0.25) is 4.98 Å². The Kier molecular flexibility index (Phi) is 3.10. The van der Waals surface area contributed by atoms with Crippen LogP contribution in [-0.4, -0.2) is 12.0 Å². The second-order valence-electron chi connectivity index (χ2n) is 3.29. The molecule has 0 atom stereocenters. The van der Waals surface area contributed by atoms with Gasteiger partial charge in [0.1, 0.15) is 0 Å². The summed E-state index contributed by atoms with van der Waals surface area (Å²) < 4.78 is 0. The number of halogens is 2. The first-order chi connectivity index (χ1) is 7.20. The van der Waals surface area contributed by atoms with Crippen molar-refractivity contribution in [2.45, 2.75) is 6.54 Å². The van der Waals surface area contributed by atoms with Crippen molar-refractivity contribution in [3.05, 3.63) is 40.0 Å². The molecular weight excluding hydrogens is 231 g/mol. The van der Waals surface area contributed by atoms with Crippen LogP contribution >= 0.6 is 23.2 Å². The monoisotopic (exact) mass is 240 g/mol. The Hall–Kier alpha value is -0.830. The Balaban J connectivity index is 2.56. The molecule has 0 saturated carbocycles. The molecule has 0 aliphatic rings. The van der Waals surface area contributed by atoms with E-state index in [-0.39, 0.29) is 0 Å². The molecule has 0 spiro atoms. The van der Waals surface area contributed by atoms with E-state index in [0.29, 0.717) is 10.0 Å². The van der Waals surface area contributed by atoms with E-state index in [1.165, 1.54) is 0 Å². The number of hydrogen-bond acceptors (Lipinski definition) is 2. The van der Waals surface area contributed by atoms with E-state index in [1.807, 2.05) is 25.2 Å². The van der Waals surface area contributed by atoms with Crippen LogP contribution in [0.1, 0.15) is 5.69 Å². The molecule has 1 aromatic carbocycles. The minimum atomic E-state index is 0.540. The first-order valence-electron chi connectivity index (χ1n) is 4.60. The van der Waals surface area contributed by atoms with Crippen molar-refractivity contribution >= 4 is 34.1 Å². The summed E-state index contributed by atoms with van der Waals surface area (Å²) in [7, 11) is 1.89. The standard InChI is InChI=1S/C11H10Cl2N2/c1-14-6-8-3-2-7-4-9(12)10(13)5-11(7)15-8/h2-5,14H,6H2,1H3. The lowest BCUT2D eigenvalue weighted by Crippen LogP contribution is -2.06. The average Bonchev–Trinajstić information content (AvgIpc) is 2.21. The number of rotatable bonds is 2. The van der Waals surface area contributed by atoms with Crippen LogP contribution in [0.4, 0.5) is 0 Å². The van der Waals surface area contributed by atoms with Crippen LogP contribution in [0.25, 0.3) is 10.9 Å². The Labute approximate surface area is 98.2 Å². The first kappa shape index (κ1) is 10.7. The number of fused-ring (bicyclic) bond motifs is 1. The third-order valence-corrected chi connectivity index (χ3v) is 2.87. The van der Waals surface area contributed by atoms with Gasteiger partial charge in [-0.15, -0.1) is 0 Å². The van der Waals surface area contributed by atoms with Gasteiger partial charge in [0.25, 0.3) is 0 Å². The topological polar surface area (TPSA) is 24.9 Å². The van der Waals surface area contributed by atoms with Gasteiger partial charge in [-0.2, -0.15) is 0 Å². The van der Waals surface area contributed by atoms with Crippen LogP contribution in [0.5, 0.6) is 0 Å². The fraction of sp³-hybridized carbons (Fsp3) is 0.182. The molecular formula is C11H10Cl2N2. The smallest absolute Gasteiger partial charge is 0.0721 e. The molecule has 0 fully saturated rings. The molecule has 0 unspecified atom stereocenters. The van der Waals surface area contributed by atoms with Crippen molar-refractivity contribution in [2.75, 3.05) is 7.05 Å². The third kappa shape index (κ3) is 2.23. The molecule has 2 aromatic rings. The summed E-state index contributed by atoms with van der Waals surface area (Å²) in [6.07, 6.45) is 0. The minimum absolute atomic E-state index is 0.540. The van der Waals surface area contributed by atoms with Crippen molar-refractivity contribution in [3.8, 4) is 0 Å². The van der Waals surface area contributed by atoms with E-state index < -0.39 is 0 Å². The maximum absolute atomic E-state index is 5.93. The number of pyridine rings is 1. The van der Waals surface area contributed by atoms with Crippen LogP contribution in [0.3, 0.4) is 0 Å². The van der Waals surface area contributed by atoms with Crippen molar-refractivity contribution < 1.29 is 0 Å². The summed E-state index contributed by atoms with van der Waals surface area (Å²) in [5, 5.41) is 5.16. The molecule has 0 radical (unpaired) electrons. The fourth-order valence-corrected chi connectivity index (χ4v) is 1.77. The highest BCUT2D eigenvalue weighted by atomic mass is 35.5. The lowest BCUT2D eigenvalue weighted by atomic mass is 10.2. The molecule has 2 nitrogen and oxygen atoms in total. The van der Waals surface area contributed by atoms with Gasteiger partial charge < -0.3 is 5.32 Å². The lowest BCUT2D eigenvalue weighted by molar-refractivity contribution is 0.795. The molecule has 0 aliphatic carbocycles. The maximum Gasteiger partial charge on any atom is 0.0721 e. The molecule has 4 heteroatoms. The Morgan fingerprint density at radius 1 is 1.20 bits per heavy atom. The van der Waals surface area contributed by atoms with Crippen molar-refractivity contribution in [2.24, 2.45) is 0 Å². The van der Waals surface area contributed by atoms with Crippen molar-refractivity contribution in [1.82, 2.24) is 10.3 Å². The number of nitrogens with one attached hydrogen (secondary N) is 1. The SMILES string of the molecule is CNCc1ccc2cc(Cl)c(Cl)cc2n1. The molecule has 0 bridgehead atoms. The van der Waals surface area contributed by atoms with Gasteiger partial charge >= 0.3 is 0 Å². The molecule has 0 aliphatic heterocycles. The van der Waals surface area contributed by atoms with Gasteiger partial charge in [0.15, 0.2) is 0 Å². The molecule has 1 N–H and O–H groups in total. The highest BCUT2D eigenvalue weighted by Crippen LogP contribution is 2.26.